The third-order valence-electron chi connectivity index (χ3n) is 8.84. The average Bonchev–Trinajstić information content (AvgIpc) is 2.91. The molecular formula is C14H16O2. The third kappa shape index (κ3) is 0.322. The first-order chi connectivity index (χ1) is 7.70. The van der Waals surface area contributed by atoms with E-state index in [2.05, 4.69) is 0 Å². The normalized spacial score (nSPS) is 94.9. The fourth-order valence-corrected chi connectivity index (χ4v) is 9.54. The fraction of sp³-hybridized carbons (Fsp3) is 1.00. The van der Waals surface area contributed by atoms with Crippen molar-refractivity contribution in [2.45, 2.75) is 24.0 Å². The highest BCUT2D eigenvalue weighted by Crippen LogP contribution is 2.94. The second kappa shape index (κ2) is 1.50. The Kier molecular flexibility index (Phi) is 0.691. The van der Waals surface area contributed by atoms with Crippen LogP contribution in [0.4, 0.5) is 0 Å². The van der Waals surface area contributed by atoms with Crippen LogP contribution in [0.3, 0.4) is 0 Å². The molecule has 8 saturated carbocycles. The average molecular weight is 216 g/mol. The Balaban J connectivity index is 1.77. The Labute approximate surface area is 94.0 Å². The molecule has 8 fully saturated rings. The molecule has 16 heavy (non-hydrogen) atoms. The van der Waals surface area contributed by atoms with E-state index in [1.165, 1.54) is 12.8 Å². The van der Waals surface area contributed by atoms with E-state index in [0.29, 0.717) is 23.7 Å². The van der Waals surface area contributed by atoms with Gasteiger partial charge in [0.25, 0.3) is 0 Å². The fourth-order valence-electron chi connectivity index (χ4n) is 9.54. The maximum absolute atomic E-state index is 11.2. The highest BCUT2D eigenvalue weighted by atomic mass is 16.4. The molecule has 8 aliphatic carbocycles. The number of aliphatic hydroxyl groups is 2. The van der Waals surface area contributed by atoms with E-state index in [4.69, 9.17) is 0 Å². The molecular weight excluding hydrogens is 200 g/mol. The summed E-state index contributed by atoms with van der Waals surface area (Å²) < 4.78 is 0. The topological polar surface area (TPSA) is 40.5 Å². The van der Waals surface area contributed by atoms with Crippen molar-refractivity contribution < 1.29 is 10.2 Å². The molecule has 2 unspecified atom stereocenters. The van der Waals surface area contributed by atoms with Crippen LogP contribution in [0.25, 0.3) is 0 Å². The molecule has 84 valence electrons. The van der Waals surface area contributed by atoms with Gasteiger partial charge < -0.3 is 10.2 Å². The summed E-state index contributed by atoms with van der Waals surface area (Å²) in [4.78, 5) is 0. The summed E-state index contributed by atoms with van der Waals surface area (Å²) in [5, 5.41) is 22.5. The van der Waals surface area contributed by atoms with Crippen molar-refractivity contribution in [3.05, 3.63) is 0 Å². The molecule has 2 N–H and O–H groups in total. The molecule has 0 spiro atoms. The zero-order valence-corrected chi connectivity index (χ0v) is 9.08. The lowest BCUT2D eigenvalue weighted by Crippen LogP contribution is -2.56. The molecule has 0 saturated heterocycles. The first-order valence-corrected chi connectivity index (χ1v) is 7.15. The Morgan fingerprint density at radius 2 is 1.25 bits per heavy atom. The van der Waals surface area contributed by atoms with Crippen LogP contribution >= 0.6 is 0 Å². The predicted molar refractivity (Wildman–Crippen MR) is 54.0 cm³/mol. The van der Waals surface area contributed by atoms with Crippen molar-refractivity contribution in [2.75, 3.05) is 0 Å². The van der Waals surface area contributed by atoms with Crippen LogP contribution in [-0.4, -0.2) is 21.4 Å². The summed E-state index contributed by atoms with van der Waals surface area (Å²) in [7, 11) is 0. The molecule has 0 heterocycles. The minimum atomic E-state index is -0.612. The van der Waals surface area contributed by atoms with Crippen LogP contribution in [0.5, 0.6) is 0 Å². The van der Waals surface area contributed by atoms with E-state index < -0.39 is 11.2 Å². The van der Waals surface area contributed by atoms with Crippen LogP contribution < -0.4 is 0 Å². The number of rotatable bonds is 0. The van der Waals surface area contributed by atoms with Gasteiger partial charge in [-0.15, -0.1) is 0 Å². The molecule has 0 aliphatic heterocycles. The summed E-state index contributed by atoms with van der Waals surface area (Å²) in [6.07, 6.45) is 2.53. The van der Waals surface area contributed by atoms with Crippen molar-refractivity contribution in [1.29, 1.82) is 0 Å². The van der Waals surface area contributed by atoms with Crippen molar-refractivity contribution >= 4 is 0 Å². The van der Waals surface area contributed by atoms with Crippen LogP contribution in [0.1, 0.15) is 12.8 Å². The smallest absolute Gasteiger partial charge is 0.100 e. The van der Waals surface area contributed by atoms with E-state index in [1.807, 2.05) is 0 Å². The Morgan fingerprint density at radius 3 is 1.81 bits per heavy atom. The maximum Gasteiger partial charge on any atom is 0.100 e. The monoisotopic (exact) mass is 216 g/mol. The summed E-state index contributed by atoms with van der Waals surface area (Å²) in [6.45, 7) is 0. The molecule has 8 aliphatic rings. The lowest BCUT2D eigenvalue weighted by atomic mass is 9.73. The predicted octanol–water partition coefficient (Wildman–Crippen LogP) is 0.486. The largest absolute Gasteiger partial charge is 0.386 e. The molecule has 8 rings (SSSR count). The second-order valence-corrected chi connectivity index (χ2v) is 8.02. The van der Waals surface area contributed by atoms with E-state index in [9.17, 15) is 10.2 Å². The standard InChI is InChI=1S/C14H16O2/c15-13-5-2-6-10-8-3-1-4(12(8)14(6,13)16)11(13)7(3)9(5)10/h3-12,15-16H,1-2H2/t3?,4?,5-,6+,7+,8-,9+,10-,11+,12-,13-,14-/m0/s1. The van der Waals surface area contributed by atoms with Crippen LogP contribution in [0.2, 0.25) is 0 Å². The summed E-state index contributed by atoms with van der Waals surface area (Å²) in [5.41, 5.74) is -1.22. The number of hydrogen-bond acceptors (Lipinski definition) is 2. The summed E-state index contributed by atoms with van der Waals surface area (Å²) in [5.74, 6) is 7.06. The first kappa shape index (κ1) is 7.38. The van der Waals surface area contributed by atoms with Gasteiger partial charge in [0.05, 0.1) is 0 Å². The van der Waals surface area contributed by atoms with Gasteiger partial charge in [0.2, 0.25) is 0 Å². The molecule has 12 atom stereocenters. The minimum absolute atomic E-state index is 0.505. The quantitative estimate of drug-likeness (QED) is 0.618. The molecule has 0 radical (unpaired) electrons. The summed E-state index contributed by atoms with van der Waals surface area (Å²) in [6, 6.07) is 0. The highest BCUT2D eigenvalue weighted by Gasteiger charge is 2.98. The SMILES string of the molecule is O[C@@]12[C@@H]3C4CC5[C@@H]3[C@@H]3[C@@H]6[C@H]5[C@H]4[C@@]1(O)[C@@H]6C[C@@H]32. The lowest BCUT2D eigenvalue weighted by molar-refractivity contribution is -0.168. The van der Waals surface area contributed by atoms with E-state index in [-0.39, 0.29) is 0 Å². The van der Waals surface area contributed by atoms with E-state index in [1.54, 1.807) is 0 Å². The van der Waals surface area contributed by atoms with Gasteiger partial charge in [-0.3, -0.25) is 0 Å². The Hall–Kier alpha value is -0.0800. The van der Waals surface area contributed by atoms with Gasteiger partial charge in [0, 0.05) is 0 Å². The Bertz CT molecular complexity index is 440. The molecule has 0 aromatic carbocycles. The zero-order chi connectivity index (χ0) is 10.2. The molecule has 2 heteroatoms. The van der Waals surface area contributed by atoms with E-state index >= 15 is 0 Å². The third-order valence-corrected chi connectivity index (χ3v) is 8.84. The molecule has 2 nitrogen and oxygen atoms in total. The van der Waals surface area contributed by atoms with Crippen molar-refractivity contribution in [3.63, 3.8) is 0 Å². The van der Waals surface area contributed by atoms with Gasteiger partial charge in [0.15, 0.2) is 0 Å². The van der Waals surface area contributed by atoms with Crippen molar-refractivity contribution in [3.8, 4) is 0 Å². The minimum Gasteiger partial charge on any atom is -0.386 e. The molecule has 0 aromatic rings. The first-order valence-electron chi connectivity index (χ1n) is 7.15. The highest BCUT2D eigenvalue weighted by molar-refractivity contribution is 5.46. The number of hydrogen-bond donors (Lipinski definition) is 2. The summed E-state index contributed by atoms with van der Waals surface area (Å²) >= 11 is 0. The van der Waals surface area contributed by atoms with Gasteiger partial charge >= 0.3 is 0 Å². The molecule has 0 amide bonds. The van der Waals surface area contributed by atoms with Crippen molar-refractivity contribution in [2.24, 2.45) is 59.2 Å². The van der Waals surface area contributed by atoms with Gasteiger partial charge in [-0.05, 0) is 72.0 Å². The Morgan fingerprint density at radius 1 is 0.688 bits per heavy atom. The van der Waals surface area contributed by atoms with Gasteiger partial charge in [0.1, 0.15) is 11.2 Å². The lowest BCUT2D eigenvalue weighted by Gasteiger charge is -2.41. The van der Waals surface area contributed by atoms with Crippen molar-refractivity contribution in [1.82, 2.24) is 0 Å². The molecule has 0 aromatic heterocycles. The van der Waals surface area contributed by atoms with E-state index in [0.717, 1.165) is 35.5 Å². The van der Waals surface area contributed by atoms with Crippen LogP contribution in [0.15, 0.2) is 0 Å². The van der Waals surface area contributed by atoms with Gasteiger partial charge in [-0.25, -0.2) is 0 Å². The van der Waals surface area contributed by atoms with Gasteiger partial charge in [-0.2, -0.15) is 0 Å². The second-order valence-electron chi connectivity index (χ2n) is 8.02. The zero-order valence-electron chi connectivity index (χ0n) is 9.08. The molecule has 4 bridgehead atoms. The van der Waals surface area contributed by atoms with Gasteiger partial charge in [-0.1, -0.05) is 0 Å². The maximum atomic E-state index is 11.2. The van der Waals surface area contributed by atoms with Crippen LogP contribution in [0, 0.1) is 59.2 Å². The van der Waals surface area contributed by atoms with Crippen LogP contribution in [-0.2, 0) is 0 Å².